The number of fused-ring (bicyclic) bond motifs is 1. The van der Waals surface area contributed by atoms with Crippen LogP contribution in [0.2, 0.25) is 5.02 Å². The van der Waals surface area contributed by atoms with E-state index in [-0.39, 0.29) is 18.7 Å². The second kappa shape index (κ2) is 12.6. The normalized spacial score (nSPS) is 12.1. The van der Waals surface area contributed by atoms with Gasteiger partial charge in [-0.2, -0.15) is 13.2 Å². The molecule has 0 aliphatic heterocycles. The first kappa shape index (κ1) is 29.7. The maximum atomic E-state index is 13.1. The zero-order valence-electron chi connectivity index (χ0n) is 22.8. The highest BCUT2D eigenvalue weighted by atomic mass is 35.5. The molecule has 5 aromatic rings. The van der Waals surface area contributed by atoms with Crippen LogP contribution in [-0.2, 0) is 28.7 Å². The van der Waals surface area contributed by atoms with Gasteiger partial charge in [0.2, 0.25) is 0 Å². The average molecular weight is 608 g/mol. The predicted octanol–water partition coefficient (Wildman–Crippen LogP) is 6.77. The number of nitrogens with zero attached hydrogens (tertiary/aromatic N) is 2. The lowest BCUT2D eigenvalue weighted by Gasteiger charge is -2.16. The topological polar surface area (TPSA) is 81.9 Å². The quantitative estimate of drug-likeness (QED) is 0.187. The van der Waals surface area contributed by atoms with Gasteiger partial charge in [-0.3, -0.25) is 4.79 Å². The number of hydrogen-bond acceptors (Lipinski definition) is 5. The highest BCUT2D eigenvalue weighted by Crippen LogP contribution is 2.29. The lowest BCUT2D eigenvalue weighted by atomic mass is 10.1. The van der Waals surface area contributed by atoms with E-state index in [9.17, 15) is 22.8 Å². The van der Waals surface area contributed by atoms with Gasteiger partial charge in [-0.05, 0) is 70.8 Å². The van der Waals surface area contributed by atoms with Crippen LogP contribution in [0.3, 0.4) is 0 Å². The molecule has 0 aliphatic carbocycles. The summed E-state index contributed by atoms with van der Waals surface area (Å²) < 4.78 is 50.6. The van der Waals surface area contributed by atoms with Crippen molar-refractivity contribution in [3.05, 3.63) is 125 Å². The van der Waals surface area contributed by atoms with Crippen LogP contribution >= 0.6 is 11.6 Å². The van der Waals surface area contributed by atoms with Crippen molar-refractivity contribution < 1.29 is 32.2 Å². The molecule has 220 valence electrons. The van der Waals surface area contributed by atoms with Gasteiger partial charge in [-0.1, -0.05) is 48.0 Å². The second-order valence-electron chi connectivity index (χ2n) is 9.69. The number of carbonyl (C=O) groups excluding carboxylic acids is 2. The molecule has 0 saturated carbocycles. The fourth-order valence-electron chi connectivity index (χ4n) is 4.40. The molecule has 1 N–H and O–H groups in total. The summed E-state index contributed by atoms with van der Waals surface area (Å²) in [5, 5.41) is 3.34. The number of alkyl halides is 3. The lowest BCUT2D eigenvalue weighted by molar-refractivity contribution is -0.143. The van der Waals surface area contributed by atoms with Crippen LogP contribution in [0, 0.1) is 0 Å². The average Bonchev–Trinajstić information content (AvgIpc) is 3.44. The summed E-state index contributed by atoms with van der Waals surface area (Å²) in [7, 11) is 1.24. The Balaban J connectivity index is 1.22. The van der Waals surface area contributed by atoms with Crippen LogP contribution in [0.5, 0.6) is 5.75 Å². The van der Waals surface area contributed by atoms with Crippen LogP contribution in [0.15, 0.2) is 97.3 Å². The van der Waals surface area contributed by atoms with Crippen LogP contribution in [0.25, 0.3) is 16.8 Å². The van der Waals surface area contributed by atoms with E-state index in [4.69, 9.17) is 21.1 Å². The van der Waals surface area contributed by atoms with Crippen molar-refractivity contribution in [1.82, 2.24) is 14.7 Å². The molecular formula is C32H25ClF3N3O4. The van der Waals surface area contributed by atoms with E-state index < -0.39 is 29.7 Å². The molecule has 0 saturated heterocycles. The molecule has 0 radical (unpaired) electrons. The van der Waals surface area contributed by atoms with Crippen molar-refractivity contribution in [2.75, 3.05) is 7.11 Å². The number of methoxy groups -OCH3 is 1. The van der Waals surface area contributed by atoms with Crippen LogP contribution < -0.4 is 10.1 Å². The summed E-state index contributed by atoms with van der Waals surface area (Å²) in [6.45, 7) is 0.0819. The first-order valence-electron chi connectivity index (χ1n) is 13.1. The Hall–Kier alpha value is -4.83. The Morgan fingerprint density at radius 3 is 2.26 bits per heavy atom. The number of benzene rings is 3. The van der Waals surface area contributed by atoms with E-state index in [0.717, 1.165) is 28.8 Å². The fourth-order valence-corrected chi connectivity index (χ4v) is 4.52. The summed E-state index contributed by atoms with van der Waals surface area (Å²) in [5.41, 5.74) is 3.12. The Morgan fingerprint density at radius 1 is 0.930 bits per heavy atom. The molecule has 0 bridgehead atoms. The Morgan fingerprint density at radius 2 is 1.60 bits per heavy atom. The van der Waals surface area contributed by atoms with Gasteiger partial charge < -0.3 is 19.2 Å². The van der Waals surface area contributed by atoms with E-state index in [2.05, 4.69) is 10.3 Å². The number of carbonyl (C=O) groups is 2. The molecule has 0 fully saturated rings. The van der Waals surface area contributed by atoms with Gasteiger partial charge in [-0.15, -0.1) is 0 Å². The molecule has 2 aromatic heterocycles. The fraction of sp³-hybridized carbons (Fsp3) is 0.156. The smallest absolute Gasteiger partial charge is 0.416 e. The number of imidazole rings is 1. The number of aromatic nitrogens is 2. The number of esters is 1. The SMILES string of the molecule is COC(=O)C(Cc1ccc(OCc2ccc(C(F)(F)F)cc2)cc1)NC(=O)c1cn2ccc(-c3ccc(Cl)cc3)cc2n1. The molecule has 3 aromatic carbocycles. The van der Waals surface area contributed by atoms with Crippen LogP contribution in [0.4, 0.5) is 13.2 Å². The summed E-state index contributed by atoms with van der Waals surface area (Å²) in [6.07, 6.45) is -0.882. The molecule has 7 nitrogen and oxygen atoms in total. The van der Waals surface area contributed by atoms with Gasteiger partial charge in [0.25, 0.3) is 5.91 Å². The van der Waals surface area contributed by atoms with Gasteiger partial charge in [0.1, 0.15) is 29.7 Å². The summed E-state index contributed by atoms with van der Waals surface area (Å²) in [6, 6.07) is 21.7. The first-order chi connectivity index (χ1) is 20.6. The summed E-state index contributed by atoms with van der Waals surface area (Å²) in [5.74, 6) is -0.668. The zero-order valence-corrected chi connectivity index (χ0v) is 23.5. The minimum atomic E-state index is -4.40. The minimum absolute atomic E-state index is 0.0819. The summed E-state index contributed by atoms with van der Waals surface area (Å²) in [4.78, 5) is 30.0. The minimum Gasteiger partial charge on any atom is -0.489 e. The zero-order chi connectivity index (χ0) is 30.6. The van der Waals surface area contributed by atoms with Gasteiger partial charge in [0.15, 0.2) is 0 Å². The van der Waals surface area contributed by atoms with Crippen molar-refractivity contribution in [3.8, 4) is 16.9 Å². The maximum absolute atomic E-state index is 13.1. The second-order valence-corrected chi connectivity index (χ2v) is 10.1. The van der Waals surface area contributed by atoms with Crippen molar-refractivity contribution in [3.63, 3.8) is 0 Å². The number of rotatable bonds is 9. The lowest BCUT2D eigenvalue weighted by Crippen LogP contribution is -2.43. The Labute approximate surface area is 249 Å². The number of amides is 1. The van der Waals surface area contributed by atoms with Crippen molar-refractivity contribution in [2.45, 2.75) is 25.2 Å². The third-order valence-electron chi connectivity index (χ3n) is 6.71. The van der Waals surface area contributed by atoms with Gasteiger partial charge in [-0.25, -0.2) is 9.78 Å². The van der Waals surface area contributed by atoms with Gasteiger partial charge in [0, 0.05) is 23.8 Å². The highest BCUT2D eigenvalue weighted by Gasteiger charge is 2.30. The Kier molecular flexibility index (Phi) is 8.68. The number of nitrogens with one attached hydrogen (secondary N) is 1. The third-order valence-corrected chi connectivity index (χ3v) is 6.96. The van der Waals surface area contributed by atoms with Gasteiger partial charge in [0.05, 0.1) is 12.7 Å². The molecule has 0 spiro atoms. The van der Waals surface area contributed by atoms with E-state index in [1.54, 1.807) is 53.2 Å². The molecule has 2 heterocycles. The molecule has 1 unspecified atom stereocenters. The van der Waals surface area contributed by atoms with Crippen molar-refractivity contribution >= 4 is 29.1 Å². The largest absolute Gasteiger partial charge is 0.489 e. The molecule has 1 amide bonds. The third kappa shape index (κ3) is 7.34. The van der Waals surface area contributed by atoms with Crippen molar-refractivity contribution in [1.29, 1.82) is 0 Å². The van der Waals surface area contributed by atoms with Crippen LogP contribution in [0.1, 0.15) is 27.2 Å². The predicted molar refractivity (Wildman–Crippen MR) is 155 cm³/mol. The molecule has 0 aliphatic rings. The van der Waals surface area contributed by atoms with Crippen LogP contribution in [-0.4, -0.2) is 34.4 Å². The number of hydrogen-bond donors (Lipinski definition) is 1. The maximum Gasteiger partial charge on any atom is 0.416 e. The molecule has 43 heavy (non-hydrogen) atoms. The summed E-state index contributed by atoms with van der Waals surface area (Å²) >= 11 is 5.99. The van der Waals surface area contributed by atoms with E-state index in [0.29, 0.717) is 22.0 Å². The van der Waals surface area contributed by atoms with Gasteiger partial charge >= 0.3 is 12.1 Å². The Bertz CT molecular complexity index is 1740. The molecule has 11 heteroatoms. The van der Waals surface area contributed by atoms with E-state index in [1.165, 1.54) is 19.2 Å². The van der Waals surface area contributed by atoms with E-state index in [1.807, 2.05) is 24.3 Å². The number of ether oxygens (including phenoxy) is 2. The standard InChI is InChI=1S/C32H25ClF3N3O4/c1-42-31(41)27(16-20-4-12-26(13-5-20)43-19-21-2-8-24(9-3-21)32(34,35)36)38-30(40)28-18-39-15-14-23(17-29(39)37-28)22-6-10-25(33)11-7-22/h2-15,17-18,27H,16,19H2,1H3,(H,38,40). The molecular weight excluding hydrogens is 583 g/mol. The molecule has 1 atom stereocenters. The highest BCUT2D eigenvalue weighted by molar-refractivity contribution is 6.30. The monoisotopic (exact) mass is 607 g/mol. The number of halogens is 4. The van der Waals surface area contributed by atoms with E-state index >= 15 is 0 Å². The first-order valence-corrected chi connectivity index (χ1v) is 13.5. The molecule has 5 rings (SSSR count). The van der Waals surface area contributed by atoms with Crippen molar-refractivity contribution in [2.24, 2.45) is 0 Å². The number of pyridine rings is 1.